The molecule has 3 aromatic heterocycles. The van der Waals surface area contributed by atoms with Gasteiger partial charge in [0.15, 0.2) is 0 Å². The molecule has 0 radical (unpaired) electrons. The normalized spacial score (nSPS) is 13.1. The number of benzene rings is 4. The minimum Gasteiger partial charge on any atom is -0.354 e. The van der Waals surface area contributed by atoms with Gasteiger partial charge in [0, 0.05) is 89.2 Å². The molecule has 0 atom stereocenters. The molecule has 0 amide bonds. The Morgan fingerprint density at radius 2 is 0.697 bits per heavy atom. The smallest absolute Gasteiger partial charge is 0.354 e. The van der Waals surface area contributed by atoms with E-state index in [1.54, 1.807) is 54.6 Å². The molecule has 334 valence electrons. The first kappa shape index (κ1) is 47.2. The van der Waals surface area contributed by atoms with Gasteiger partial charge in [0.05, 0.1) is 68.5 Å². The number of H-pyrrole nitrogens is 2. The molecule has 66 heavy (non-hydrogen) atoms. The molecule has 5 heterocycles. The molecule has 9 rings (SSSR count). The summed E-state index contributed by atoms with van der Waals surface area (Å²) >= 11 is 54.9. The van der Waals surface area contributed by atoms with Crippen molar-refractivity contribution < 1.29 is 26.3 Å². The third kappa shape index (κ3) is 7.89. The van der Waals surface area contributed by atoms with E-state index in [0.29, 0.717) is 34.0 Å². The molecule has 8 bridgehead atoms. The van der Waals surface area contributed by atoms with Crippen molar-refractivity contribution in [3.63, 3.8) is 0 Å². The molecule has 0 saturated carbocycles. The SMILES string of the molecule is FC(F)(I)C(F)(F)C(F)(F)C1=Cc2nc1c(-c1c(Cl)cccc1Cl)c1ccc([nH]1)c(-c1c(Cl)cccc1Cl)c1nc(c(-c3c(Cl)cccc3Cl)c3ccc([nH]3)c2-c2c(Cl)cccc2Cl)C=C1. The molecule has 0 unspecified atom stereocenters. The van der Waals surface area contributed by atoms with Gasteiger partial charge in [0.1, 0.15) is 0 Å². The molecule has 7 aromatic rings. The van der Waals surface area contributed by atoms with E-state index < -0.39 is 32.7 Å². The van der Waals surface area contributed by atoms with Crippen molar-refractivity contribution in [2.24, 2.45) is 0 Å². The van der Waals surface area contributed by atoms with E-state index in [0.717, 1.165) is 0 Å². The number of rotatable bonds is 7. The van der Waals surface area contributed by atoms with Crippen LogP contribution in [0, 0.1) is 0 Å². The van der Waals surface area contributed by atoms with Crippen molar-refractivity contribution in [1.82, 2.24) is 19.9 Å². The summed E-state index contributed by atoms with van der Waals surface area (Å²) in [5.74, 6) is -11.7. The number of halogens is 15. The Morgan fingerprint density at radius 1 is 0.394 bits per heavy atom. The van der Waals surface area contributed by atoms with E-state index in [1.807, 2.05) is 0 Å². The van der Waals surface area contributed by atoms with Gasteiger partial charge in [-0.1, -0.05) is 117 Å². The highest BCUT2D eigenvalue weighted by Crippen LogP contribution is 2.57. The molecular weight excluding hydrogens is 1150 g/mol. The average molecular weight is 1170 g/mol. The molecule has 0 fully saturated rings. The van der Waals surface area contributed by atoms with Crippen LogP contribution in [-0.2, 0) is 0 Å². The second kappa shape index (κ2) is 17.6. The lowest BCUT2D eigenvalue weighted by molar-refractivity contribution is -0.244. The molecule has 2 N–H and O–H groups in total. The van der Waals surface area contributed by atoms with Gasteiger partial charge in [-0.3, -0.25) is 0 Å². The largest absolute Gasteiger partial charge is 0.385 e. The Kier molecular flexibility index (Phi) is 12.6. The Hall–Kier alpha value is -3.89. The summed E-state index contributed by atoms with van der Waals surface area (Å²) in [6.45, 7) is 0. The fourth-order valence-corrected chi connectivity index (χ4v) is 10.6. The maximum atomic E-state index is 17.0. The first-order valence-electron chi connectivity index (χ1n) is 19.0. The van der Waals surface area contributed by atoms with E-state index in [2.05, 4.69) is 15.0 Å². The summed E-state index contributed by atoms with van der Waals surface area (Å²) in [5, 5.41) is 0.517. The molecule has 4 nitrogen and oxygen atoms in total. The average Bonchev–Trinajstić information content (AvgIpc) is 4.08. The second-order valence-electron chi connectivity index (χ2n) is 14.7. The topological polar surface area (TPSA) is 57.4 Å². The summed E-state index contributed by atoms with van der Waals surface area (Å²) in [7, 11) is 0. The number of hydrogen-bond donors (Lipinski definition) is 2. The monoisotopic (exact) mass is 1160 g/mol. The number of alkyl halides is 7. The van der Waals surface area contributed by atoms with Gasteiger partial charge >= 0.3 is 15.8 Å². The zero-order valence-corrected chi connectivity index (χ0v) is 40.7. The van der Waals surface area contributed by atoms with Gasteiger partial charge in [-0.2, -0.15) is 26.3 Å². The first-order valence-corrected chi connectivity index (χ1v) is 23.1. The summed E-state index contributed by atoms with van der Waals surface area (Å²) in [6.07, 6.45) is 4.00. The predicted octanol–water partition coefficient (Wildman–Crippen LogP) is 19.2. The molecule has 0 aliphatic carbocycles. The van der Waals surface area contributed by atoms with E-state index in [1.165, 1.54) is 54.6 Å². The number of nitrogens with one attached hydrogen (secondary N) is 2. The highest BCUT2D eigenvalue weighted by atomic mass is 127. The summed E-state index contributed by atoms with van der Waals surface area (Å²) in [4.78, 5) is 16.2. The lowest BCUT2D eigenvalue weighted by Crippen LogP contribution is -2.51. The maximum Gasteiger partial charge on any atom is 0.385 e. The lowest BCUT2D eigenvalue weighted by Gasteiger charge is -2.30. The molecule has 2 aliphatic rings. The third-order valence-electron chi connectivity index (χ3n) is 10.8. The van der Waals surface area contributed by atoms with Crippen LogP contribution in [0.15, 0.2) is 97.1 Å². The zero-order valence-electron chi connectivity index (χ0n) is 32.5. The minimum atomic E-state index is -6.01. The molecule has 4 aromatic carbocycles. The van der Waals surface area contributed by atoms with E-state index in [-0.39, 0.29) is 113 Å². The van der Waals surface area contributed by atoms with Crippen molar-refractivity contribution in [3.8, 4) is 44.5 Å². The van der Waals surface area contributed by atoms with Gasteiger partial charge in [0.25, 0.3) is 0 Å². The van der Waals surface area contributed by atoms with Crippen LogP contribution in [0.4, 0.5) is 26.3 Å². The molecule has 2 aliphatic heterocycles. The van der Waals surface area contributed by atoms with Crippen LogP contribution in [0.5, 0.6) is 0 Å². The number of nitrogens with zero attached hydrogens (tertiary/aromatic N) is 2. The van der Waals surface area contributed by atoms with Crippen molar-refractivity contribution in [3.05, 3.63) is 160 Å². The molecular formula is C47H21Cl8F6IN4. The summed E-state index contributed by atoms with van der Waals surface area (Å²) in [6, 6.07) is 24.5. The van der Waals surface area contributed by atoms with Crippen molar-refractivity contribution in [2.45, 2.75) is 15.8 Å². The highest BCUT2D eigenvalue weighted by Gasteiger charge is 2.72. The minimum absolute atomic E-state index is 0.00814. The van der Waals surface area contributed by atoms with E-state index in [9.17, 15) is 8.78 Å². The Morgan fingerprint density at radius 3 is 1.03 bits per heavy atom. The summed E-state index contributed by atoms with van der Waals surface area (Å²) < 4.78 is 90.2. The van der Waals surface area contributed by atoms with Crippen LogP contribution in [0.1, 0.15) is 22.8 Å². The molecule has 0 saturated heterocycles. The van der Waals surface area contributed by atoms with E-state index in [4.69, 9.17) is 97.8 Å². The lowest BCUT2D eigenvalue weighted by atomic mass is 9.93. The number of hydrogen-bond acceptors (Lipinski definition) is 2. The van der Waals surface area contributed by atoms with Crippen LogP contribution in [0.2, 0.25) is 40.2 Å². The summed E-state index contributed by atoms with van der Waals surface area (Å²) in [5.41, 5.74) is -1.17. The number of aromatic nitrogens is 4. The van der Waals surface area contributed by atoms with Crippen LogP contribution >= 0.6 is 115 Å². The molecule has 0 spiro atoms. The predicted molar refractivity (Wildman–Crippen MR) is 268 cm³/mol. The molecule has 19 heteroatoms. The maximum absolute atomic E-state index is 17.0. The fraction of sp³-hybridized carbons (Fsp3) is 0.0638. The van der Waals surface area contributed by atoms with Gasteiger partial charge in [-0.05, 0) is 91.0 Å². The van der Waals surface area contributed by atoms with Crippen LogP contribution < -0.4 is 0 Å². The number of allylic oxidation sites excluding steroid dienone is 1. The van der Waals surface area contributed by atoms with Crippen molar-refractivity contribution in [1.29, 1.82) is 0 Å². The van der Waals surface area contributed by atoms with Gasteiger partial charge < -0.3 is 9.97 Å². The third-order valence-corrected chi connectivity index (χ3v) is 14.0. The van der Waals surface area contributed by atoms with Crippen LogP contribution in [0.3, 0.4) is 0 Å². The van der Waals surface area contributed by atoms with Crippen molar-refractivity contribution in [2.75, 3.05) is 0 Å². The standard InChI is InChI=1S/C47H21Cl8F6IN4/c48-21-5-1-6-22(49)36(21)40-29-13-14-30(63-29)41(37-23(50)7-2-8-24(37)51)32-17-18-34(65-32)43(39-27(54)11-4-12-28(39)55)44-20(45(56,57)46(58,59)47(60,61)62)19-35(66-44)42(33-16-15-31(40)64-33)38-25(52)9-3-10-26(38)53/h1-19,64-65H. The first-order chi connectivity index (χ1) is 31.2. The van der Waals surface area contributed by atoms with E-state index >= 15 is 17.6 Å². The van der Waals surface area contributed by atoms with Crippen LogP contribution in [-0.4, -0.2) is 35.7 Å². The number of aromatic amines is 2. The number of fused-ring (bicyclic) bond motifs is 8. The van der Waals surface area contributed by atoms with Gasteiger partial charge in [0.2, 0.25) is 0 Å². The Bertz CT molecular complexity index is 3360. The zero-order chi connectivity index (χ0) is 47.2. The van der Waals surface area contributed by atoms with Crippen LogP contribution in [0.25, 0.3) is 90.4 Å². The van der Waals surface area contributed by atoms with Gasteiger partial charge in [-0.25, -0.2) is 9.97 Å². The van der Waals surface area contributed by atoms with Gasteiger partial charge in [-0.15, -0.1) is 0 Å². The Labute approximate surface area is 424 Å². The quantitative estimate of drug-likeness (QED) is 0.0949. The Balaban J connectivity index is 1.61. The van der Waals surface area contributed by atoms with Crippen molar-refractivity contribution >= 4 is 161 Å². The fourth-order valence-electron chi connectivity index (χ4n) is 7.87. The second-order valence-corrected chi connectivity index (χ2v) is 19.3. The highest BCUT2D eigenvalue weighted by molar-refractivity contribution is 14.1.